The minimum atomic E-state index is -0.551. The molecule has 2 aliphatic rings. The van der Waals surface area contributed by atoms with Gasteiger partial charge in [-0.3, -0.25) is 14.7 Å². The number of aliphatic hydroxyl groups is 2. The monoisotopic (exact) mass is 517 g/mol. The van der Waals surface area contributed by atoms with Crippen LogP contribution in [0.25, 0.3) is 0 Å². The largest absolute Gasteiger partial charge is 0.392 e. The lowest BCUT2D eigenvalue weighted by atomic mass is 9.90. The molecule has 0 saturated carbocycles. The number of carbonyl (C=O) groups is 1. The van der Waals surface area contributed by atoms with Gasteiger partial charge >= 0.3 is 0 Å². The van der Waals surface area contributed by atoms with Gasteiger partial charge in [-0.25, -0.2) is 0 Å². The zero-order valence-corrected chi connectivity index (χ0v) is 21.6. The first kappa shape index (κ1) is 26.5. The summed E-state index contributed by atoms with van der Waals surface area (Å²) in [7, 11) is 0. The summed E-state index contributed by atoms with van der Waals surface area (Å²) in [6, 6.07) is 19.3. The van der Waals surface area contributed by atoms with E-state index in [-0.39, 0.29) is 36.7 Å². The van der Waals surface area contributed by atoms with Gasteiger partial charge in [-0.05, 0) is 35.2 Å². The molecular weight excluding hydrogens is 482 g/mol. The Balaban J connectivity index is 1.30. The molecule has 2 fully saturated rings. The average molecular weight is 518 g/mol. The molecular formula is C30H35N3O5. The lowest BCUT2D eigenvalue weighted by Gasteiger charge is -2.42. The number of aliphatic hydroxyl groups excluding tert-OH is 2. The number of benzene rings is 2. The van der Waals surface area contributed by atoms with Gasteiger partial charge in [-0.15, -0.1) is 0 Å². The second-order valence-electron chi connectivity index (χ2n) is 10.2. The van der Waals surface area contributed by atoms with Crippen molar-refractivity contribution >= 4 is 5.91 Å². The van der Waals surface area contributed by atoms with Crippen LogP contribution in [0.3, 0.4) is 0 Å². The Labute approximate surface area is 223 Å². The smallest absolute Gasteiger partial charge is 0.253 e. The molecule has 5 atom stereocenters. The van der Waals surface area contributed by atoms with Gasteiger partial charge in [0.2, 0.25) is 0 Å². The first-order valence-electron chi connectivity index (χ1n) is 13.2. The molecule has 0 bridgehead atoms. The predicted octanol–water partition coefficient (Wildman–Crippen LogP) is 3.36. The van der Waals surface area contributed by atoms with E-state index in [0.717, 1.165) is 41.8 Å². The van der Waals surface area contributed by atoms with Crippen LogP contribution < -0.4 is 5.32 Å². The number of rotatable bonds is 8. The number of amides is 1. The van der Waals surface area contributed by atoms with Gasteiger partial charge in [-0.2, -0.15) is 0 Å². The summed E-state index contributed by atoms with van der Waals surface area (Å²) in [5, 5.41) is 22.4. The molecule has 1 aromatic heterocycles. The van der Waals surface area contributed by atoms with E-state index in [4.69, 9.17) is 9.47 Å². The first-order chi connectivity index (χ1) is 18.5. The normalized spacial score (nSPS) is 25.8. The fourth-order valence-electron chi connectivity index (χ4n) is 5.13. The SMILES string of the molecule is C[C@@H]1[C@H](CN2CC[C@H](O)C2)O[C@H](c2ccc(CNC(=O)c3cccnc3)cc2)O[C@@H]1c1ccc(CO)cc1. The van der Waals surface area contributed by atoms with E-state index in [2.05, 4.69) is 22.1 Å². The summed E-state index contributed by atoms with van der Waals surface area (Å²) in [4.78, 5) is 18.6. The Bertz CT molecular complexity index is 1190. The molecule has 3 N–H and O–H groups in total. The van der Waals surface area contributed by atoms with Crippen LogP contribution in [0.15, 0.2) is 73.1 Å². The van der Waals surface area contributed by atoms with Crippen molar-refractivity contribution in [3.63, 3.8) is 0 Å². The Morgan fingerprint density at radius 1 is 1.05 bits per heavy atom. The van der Waals surface area contributed by atoms with Crippen molar-refractivity contribution in [2.24, 2.45) is 5.92 Å². The van der Waals surface area contributed by atoms with E-state index in [1.165, 1.54) is 0 Å². The van der Waals surface area contributed by atoms with Crippen LogP contribution in [0, 0.1) is 5.92 Å². The zero-order chi connectivity index (χ0) is 26.5. The van der Waals surface area contributed by atoms with Crippen LogP contribution in [0.4, 0.5) is 0 Å². The second kappa shape index (κ2) is 12.1. The summed E-state index contributed by atoms with van der Waals surface area (Å²) in [5.74, 6) is -0.0778. The number of hydrogen-bond donors (Lipinski definition) is 3. The number of aromatic nitrogens is 1. The number of pyridine rings is 1. The fraction of sp³-hybridized carbons (Fsp3) is 0.400. The predicted molar refractivity (Wildman–Crippen MR) is 142 cm³/mol. The van der Waals surface area contributed by atoms with Crippen LogP contribution in [0.1, 0.15) is 58.4 Å². The molecule has 3 aromatic rings. The van der Waals surface area contributed by atoms with Crippen LogP contribution in [0.5, 0.6) is 0 Å². The molecule has 0 radical (unpaired) electrons. The third-order valence-corrected chi connectivity index (χ3v) is 7.44. The summed E-state index contributed by atoms with van der Waals surface area (Å²) in [5.41, 5.74) is 4.30. The maximum Gasteiger partial charge on any atom is 0.253 e. The molecule has 38 heavy (non-hydrogen) atoms. The van der Waals surface area contributed by atoms with Crippen LogP contribution in [-0.4, -0.2) is 57.8 Å². The van der Waals surface area contributed by atoms with Crippen molar-refractivity contribution in [3.05, 3.63) is 101 Å². The average Bonchev–Trinajstić information content (AvgIpc) is 3.38. The van der Waals surface area contributed by atoms with E-state index in [1.807, 2.05) is 48.5 Å². The maximum absolute atomic E-state index is 12.3. The Hall–Kier alpha value is -3.14. The minimum absolute atomic E-state index is 0.00203. The third-order valence-electron chi connectivity index (χ3n) is 7.44. The van der Waals surface area contributed by atoms with Crippen molar-refractivity contribution in [1.29, 1.82) is 0 Å². The molecule has 2 aromatic carbocycles. The number of likely N-dealkylation sites (tertiary alicyclic amines) is 1. The lowest BCUT2D eigenvalue weighted by molar-refractivity contribution is -0.276. The van der Waals surface area contributed by atoms with Gasteiger partial charge in [0.25, 0.3) is 5.91 Å². The Morgan fingerprint density at radius 3 is 2.45 bits per heavy atom. The Kier molecular flexibility index (Phi) is 8.46. The second-order valence-corrected chi connectivity index (χ2v) is 10.2. The van der Waals surface area contributed by atoms with Crippen LogP contribution in [0.2, 0.25) is 0 Å². The molecule has 8 heteroatoms. The van der Waals surface area contributed by atoms with Gasteiger partial charge in [-0.1, -0.05) is 55.5 Å². The molecule has 3 heterocycles. The Morgan fingerprint density at radius 2 is 1.79 bits per heavy atom. The number of nitrogens with zero attached hydrogens (tertiary/aromatic N) is 2. The van der Waals surface area contributed by atoms with Crippen molar-refractivity contribution in [2.45, 2.75) is 51.1 Å². The van der Waals surface area contributed by atoms with Crippen molar-refractivity contribution in [2.75, 3.05) is 19.6 Å². The highest BCUT2D eigenvalue weighted by Crippen LogP contribution is 2.42. The van der Waals surface area contributed by atoms with Crippen LogP contribution in [-0.2, 0) is 22.6 Å². The van der Waals surface area contributed by atoms with Gasteiger partial charge in [0, 0.05) is 50.1 Å². The van der Waals surface area contributed by atoms with E-state index in [0.29, 0.717) is 18.7 Å². The molecule has 200 valence electrons. The van der Waals surface area contributed by atoms with Gasteiger partial charge < -0.3 is 25.0 Å². The number of nitrogens with one attached hydrogen (secondary N) is 1. The summed E-state index contributed by atoms with van der Waals surface area (Å²) in [6.07, 6.45) is 2.87. The van der Waals surface area contributed by atoms with Crippen molar-refractivity contribution in [3.8, 4) is 0 Å². The number of carbonyl (C=O) groups excluding carboxylic acids is 1. The molecule has 2 saturated heterocycles. The van der Waals surface area contributed by atoms with Crippen LogP contribution >= 0.6 is 0 Å². The quantitative estimate of drug-likeness (QED) is 0.421. The molecule has 0 spiro atoms. The highest BCUT2D eigenvalue weighted by atomic mass is 16.7. The molecule has 5 rings (SSSR count). The van der Waals surface area contributed by atoms with Crippen molar-refractivity contribution < 1.29 is 24.5 Å². The highest BCUT2D eigenvalue weighted by Gasteiger charge is 2.39. The topological polar surface area (TPSA) is 104 Å². The molecule has 8 nitrogen and oxygen atoms in total. The first-order valence-corrected chi connectivity index (χ1v) is 13.2. The van der Waals surface area contributed by atoms with Gasteiger partial charge in [0.05, 0.1) is 30.5 Å². The molecule has 0 aliphatic carbocycles. The highest BCUT2D eigenvalue weighted by molar-refractivity contribution is 5.93. The van der Waals surface area contributed by atoms with Crippen molar-refractivity contribution in [1.82, 2.24) is 15.2 Å². The molecule has 1 amide bonds. The lowest BCUT2D eigenvalue weighted by Crippen LogP contribution is -2.44. The number of β-amino-alcohol motifs (C(OH)–C–C–N with tert-alkyl or cyclic N) is 1. The fourth-order valence-corrected chi connectivity index (χ4v) is 5.13. The third kappa shape index (κ3) is 6.28. The minimum Gasteiger partial charge on any atom is -0.392 e. The number of hydrogen-bond acceptors (Lipinski definition) is 7. The molecule has 2 aliphatic heterocycles. The van der Waals surface area contributed by atoms with E-state index in [9.17, 15) is 15.0 Å². The zero-order valence-electron chi connectivity index (χ0n) is 21.6. The van der Waals surface area contributed by atoms with Gasteiger partial charge in [0.15, 0.2) is 6.29 Å². The molecule has 0 unspecified atom stereocenters. The van der Waals surface area contributed by atoms with Gasteiger partial charge in [0.1, 0.15) is 0 Å². The standard InChI is InChI=1S/C30H35N3O5/c1-20-27(18-33-14-12-26(35)17-33)37-30(38-28(20)23-8-6-22(19-34)7-9-23)24-10-4-21(5-11-24)15-32-29(36)25-3-2-13-31-16-25/h2-11,13,16,20,26-28,30,34-35H,12,14-15,17-19H2,1H3,(H,32,36)/t20-,26+,27+,28+,30+/m1/s1. The van der Waals surface area contributed by atoms with E-state index < -0.39 is 6.29 Å². The summed E-state index contributed by atoms with van der Waals surface area (Å²) < 4.78 is 13.0. The van der Waals surface area contributed by atoms with E-state index >= 15 is 0 Å². The summed E-state index contributed by atoms with van der Waals surface area (Å²) >= 11 is 0. The van der Waals surface area contributed by atoms with E-state index in [1.54, 1.807) is 24.5 Å². The number of ether oxygens (including phenoxy) is 2. The summed E-state index contributed by atoms with van der Waals surface area (Å²) in [6.45, 7) is 4.79. The maximum atomic E-state index is 12.3.